The monoisotopic (exact) mass is 499 g/mol. The molecule has 0 heterocycles. The van der Waals surface area contributed by atoms with Crippen molar-refractivity contribution in [2.24, 2.45) is 0 Å². The van der Waals surface area contributed by atoms with Gasteiger partial charge in [-0.3, -0.25) is 14.8 Å². The number of nitrogens with one attached hydrogen (secondary N) is 3. The van der Waals surface area contributed by atoms with E-state index >= 15 is 0 Å². The van der Waals surface area contributed by atoms with Gasteiger partial charge in [-0.2, -0.15) is 0 Å². The number of amides is 1. The molecule has 3 N–H and O–H groups in total. The maximum absolute atomic E-state index is 12.7. The van der Waals surface area contributed by atoms with Crippen molar-refractivity contribution in [3.63, 3.8) is 0 Å². The number of benzene rings is 3. The lowest BCUT2D eigenvalue weighted by atomic mass is 10.2. The van der Waals surface area contributed by atoms with Gasteiger partial charge in [0.15, 0.2) is 5.11 Å². The van der Waals surface area contributed by atoms with Crippen molar-refractivity contribution in [1.29, 1.82) is 0 Å². The minimum Gasteiger partial charge on any atom is -0.494 e. The molecule has 3 aromatic rings. The third-order valence-corrected chi connectivity index (χ3v) is 6.10. The molecule has 0 saturated carbocycles. The van der Waals surface area contributed by atoms with Crippen LogP contribution in [0.4, 0.5) is 11.4 Å². The summed E-state index contributed by atoms with van der Waals surface area (Å²) in [6.45, 7) is 4.66. The Hall–Kier alpha value is -3.63. The quantitative estimate of drug-likeness (QED) is 0.375. The highest BCUT2D eigenvalue weighted by Crippen LogP contribution is 2.21. The zero-order valence-electron chi connectivity index (χ0n) is 18.7. The first-order valence-electron chi connectivity index (χ1n) is 10.5. The van der Waals surface area contributed by atoms with Gasteiger partial charge in [0.1, 0.15) is 11.5 Å². The maximum atomic E-state index is 12.7. The van der Waals surface area contributed by atoms with Gasteiger partial charge in [0.2, 0.25) is 0 Å². The van der Waals surface area contributed by atoms with Crippen LogP contribution in [0.15, 0.2) is 77.7 Å². The first kappa shape index (κ1) is 25.0. The summed E-state index contributed by atoms with van der Waals surface area (Å²) >= 11 is 5.22. The summed E-state index contributed by atoms with van der Waals surface area (Å²) in [6, 6.07) is 19.5. The van der Waals surface area contributed by atoms with Gasteiger partial charge in [-0.1, -0.05) is 12.1 Å². The van der Waals surface area contributed by atoms with Crippen LogP contribution in [0.2, 0.25) is 0 Å². The van der Waals surface area contributed by atoms with Crippen molar-refractivity contribution < 1.29 is 22.7 Å². The summed E-state index contributed by atoms with van der Waals surface area (Å²) in [6.07, 6.45) is 0. The third-order valence-electron chi connectivity index (χ3n) is 4.50. The Morgan fingerprint density at radius 1 is 0.853 bits per heavy atom. The van der Waals surface area contributed by atoms with Gasteiger partial charge in [-0.25, -0.2) is 8.42 Å². The lowest BCUT2D eigenvalue weighted by Crippen LogP contribution is -2.34. The fourth-order valence-electron chi connectivity index (χ4n) is 2.99. The molecule has 10 heteroatoms. The number of rotatable bonds is 9. The highest BCUT2D eigenvalue weighted by atomic mass is 32.2. The molecule has 34 heavy (non-hydrogen) atoms. The highest BCUT2D eigenvalue weighted by Gasteiger charge is 2.16. The summed E-state index contributed by atoms with van der Waals surface area (Å²) in [5.41, 5.74) is 1.29. The normalized spacial score (nSPS) is 10.8. The lowest BCUT2D eigenvalue weighted by Gasteiger charge is -2.13. The molecule has 0 unspecified atom stereocenters. The topological polar surface area (TPSA) is 106 Å². The zero-order valence-corrected chi connectivity index (χ0v) is 20.3. The van der Waals surface area contributed by atoms with Gasteiger partial charge in [-0.15, -0.1) is 0 Å². The molecule has 0 aromatic heterocycles. The fraction of sp³-hybridized carbons (Fsp3) is 0.167. The molecule has 1 amide bonds. The Kier molecular flexibility index (Phi) is 8.44. The Balaban J connectivity index is 1.61. The van der Waals surface area contributed by atoms with E-state index in [0.717, 1.165) is 0 Å². The number of sulfonamides is 1. The van der Waals surface area contributed by atoms with E-state index in [9.17, 15) is 13.2 Å². The summed E-state index contributed by atoms with van der Waals surface area (Å²) in [7, 11) is -3.78. The number of anilines is 2. The molecule has 0 fully saturated rings. The molecular weight excluding hydrogens is 474 g/mol. The number of ether oxygens (including phenoxy) is 2. The minimum absolute atomic E-state index is 0.0689. The molecule has 178 valence electrons. The molecule has 0 radical (unpaired) electrons. The van der Waals surface area contributed by atoms with Crippen molar-refractivity contribution in [2.75, 3.05) is 23.3 Å². The van der Waals surface area contributed by atoms with Crippen LogP contribution in [0, 0.1) is 0 Å². The van der Waals surface area contributed by atoms with E-state index in [2.05, 4.69) is 15.4 Å². The van der Waals surface area contributed by atoms with Gasteiger partial charge in [0, 0.05) is 11.4 Å². The van der Waals surface area contributed by atoms with Crippen LogP contribution in [0.25, 0.3) is 0 Å². The van der Waals surface area contributed by atoms with Gasteiger partial charge >= 0.3 is 0 Å². The second kappa shape index (κ2) is 11.5. The van der Waals surface area contributed by atoms with Crippen molar-refractivity contribution in [3.8, 4) is 11.5 Å². The first-order valence-corrected chi connectivity index (χ1v) is 12.4. The molecule has 8 nitrogen and oxygen atoms in total. The molecular formula is C24H25N3O5S2. The van der Waals surface area contributed by atoms with E-state index in [-0.39, 0.29) is 10.0 Å². The average Bonchev–Trinajstić information content (AvgIpc) is 2.81. The first-order chi connectivity index (χ1) is 16.3. The van der Waals surface area contributed by atoms with E-state index in [4.69, 9.17) is 21.7 Å². The van der Waals surface area contributed by atoms with E-state index in [1.165, 1.54) is 12.1 Å². The van der Waals surface area contributed by atoms with Gasteiger partial charge in [-0.05, 0) is 86.7 Å². The largest absolute Gasteiger partial charge is 0.494 e. The third kappa shape index (κ3) is 6.69. The molecule has 0 spiro atoms. The van der Waals surface area contributed by atoms with Crippen LogP contribution < -0.4 is 24.8 Å². The molecule has 0 aliphatic rings. The molecule has 0 aliphatic heterocycles. The van der Waals surface area contributed by atoms with Crippen LogP contribution in [0.3, 0.4) is 0 Å². The standard InChI is InChI=1S/C24H25N3O5S2/c1-3-31-19-13-9-18(10-14-19)27-34(29,30)20-15-11-17(12-16-20)25-24(33)26-23(28)21-7-5-6-8-22(21)32-4-2/h5-16,27H,3-4H2,1-2H3,(H2,25,26,28,33). The van der Waals surface area contributed by atoms with E-state index in [1.54, 1.807) is 60.7 Å². The van der Waals surface area contributed by atoms with Crippen molar-refractivity contribution in [2.45, 2.75) is 18.7 Å². The molecule has 0 bridgehead atoms. The summed E-state index contributed by atoms with van der Waals surface area (Å²) < 4.78 is 38.7. The summed E-state index contributed by atoms with van der Waals surface area (Å²) in [5, 5.41) is 5.53. The van der Waals surface area contributed by atoms with Crippen LogP contribution in [0.5, 0.6) is 11.5 Å². The second-order valence-corrected chi connectivity index (χ2v) is 9.02. The Morgan fingerprint density at radius 2 is 1.47 bits per heavy atom. The number of thiocarbonyl (C=S) groups is 1. The smallest absolute Gasteiger partial charge is 0.261 e. The zero-order chi connectivity index (χ0) is 24.6. The van der Waals surface area contributed by atoms with Crippen LogP contribution in [-0.4, -0.2) is 32.7 Å². The number of carbonyl (C=O) groups excluding carboxylic acids is 1. The number of hydrogen-bond acceptors (Lipinski definition) is 6. The predicted octanol–water partition coefficient (Wildman–Crippen LogP) is 4.41. The maximum Gasteiger partial charge on any atom is 0.261 e. The van der Waals surface area contributed by atoms with Gasteiger partial charge in [0.25, 0.3) is 15.9 Å². The molecule has 3 aromatic carbocycles. The lowest BCUT2D eigenvalue weighted by molar-refractivity contribution is 0.0974. The van der Waals surface area contributed by atoms with Crippen LogP contribution in [-0.2, 0) is 10.0 Å². The minimum atomic E-state index is -3.78. The SMILES string of the molecule is CCOc1ccc(NS(=O)(=O)c2ccc(NC(=S)NC(=O)c3ccccc3OCC)cc2)cc1. The molecule has 0 saturated heterocycles. The number of para-hydroxylation sites is 1. The Morgan fingerprint density at radius 3 is 2.12 bits per heavy atom. The van der Waals surface area contributed by atoms with Crippen LogP contribution in [0.1, 0.15) is 24.2 Å². The summed E-state index contributed by atoms with van der Waals surface area (Å²) in [5.74, 6) is 0.700. The molecule has 3 rings (SSSR count). The van der Waals surface area contributed by atoms with E-state index < -0.39 is 15.9 Å². The summed E-state index contributed by atoms with van der Waals surface area (Å²) in [4.78, 5) is 12.6. The van der Waals surface area contributed by atoms with Crippen molar-refractivity contribution >= 4 is 44.6 Å². The molecule has 0 aliphatic carbocycles. The Bertz CT molecular complexity index is 1240. The van der Waals surface area contributed by atoms with Gasteiger partial charge in [0.05, 0.1) is 23.7 Å². The number of carbonyl (C=O) groups is 1. The van der Waals surface area contributed by atoms with E-state index in [1.807, 2.05) is 13.8 Å². The molecule has 0 atom stereocenters. The average molecular weight is 500 g/mol. The number of hydrogen-bond donors (Lipinski definition) is 3. The second-order valence-electron chi connectivity index (χ2n) is 6.92. The Labute approximate surface area is 204 Å². The predicted molar refractivity (Wildman–Crippen MR) is 136 cm³/mol. The van der Waals surface area contributed by atoms with Crippen LogP contribution >= 0.6 is 12.2 Å². The fourth-order valence-corrected chi connectivity index (χ4v) is 4.25. The van der Waals surface area contributed by atoms with Crippen molar-refractivity contribution in [1.82, 2.24) is 5.32 Å². The van der Waals surface area contributed by atoms with E-state index in [0.29, 0.717) is 41.7 Å². The van der Waals surface area contributed by atoms with Crippen molar-refractivity contribution in [3.05, 3.63) is 78.4 Å². The van der Waals surface area contributed by atoms with Gasteiger partial charge < -0.3 is 14.8 Å². The highest BCUT2D eigenvalue weighted by molar-refractivity contribution is 7.92.